The summed E-state index contributed by atoms with van der Waals surface area (Å²) in [5.41, 5.74) is 0. The summed E-state index contributed by atoms with van der Waals surface area (Å²) in [4.78, 5) is 16.0. The molecule has 0 unspecified atom stereocenters. The predicted molar refractivity (Wildman–Crippen MR) is 95.8 cm³/mol. The summed E-state index contributed by atoms with van der Waals surface area (Å²) >= 11 is 1.74. The van der Waals surface area contributed by atoms with Gasteiger partial charge in [-0.05, 0) is 19.3 Å². The van der Waals surface area contributed by atoms with Crippen LogP contribution in [0.1, 0.15) is 62.8 Å². The van der Waals surface area contributed by atoms with Gasteiger partial charge in [0.05, 0.1) is 6.61 Å². The highest BCUT2D eigenvalue weighted by molar-refractivity contribution is 7.15. The zero-order valence-corrected chi connectivity index (χ0v) is 15.4. The van der Waals surface area contributed by atoms with Crippen LogP contribution in [0.3, 0.4) is 0 Å². The molecule has 1 saturated heterocycles. The summed E-state index contributed by atoms with van der Waals surface area (Å²) in [7, 11) is 0. The second-order valence-electron chi connectivity index (χ2n) is 6.70. The molecule has 1 amide bonds. The maximum Gasteiger partial charge on any atom is 0.409 e. The van der Waals surface area contributed by atoms with E-state index in [-0.39, 0.29) is 6.09 Å². The largest absolute Gasteiger partial charge is 0.449 e. The van der Waals surface area contributed by atoms with E-state index in [1.165, 1.54) is 37.1 Å². The van der Waals surface area contributed by atoms with Crippen molar-refractivity contribution in [1.29, 1.82) is 0 Å². The monoisotopic (exact) mass is 352 g/mol. The Hall–Kier alpha value is -1.37. The van der Waals surface area contributed by atoms with Crippen molar-refractivity contribution in [2.24, 2.45) is 0 Å². The van der Waals surface area contributed by atoms with Crippen molar-refractivity contribution in [2.45, 2.75) is 57.8 Å². The molecule has 0 N–H and O–H groups in total. The molecule has 3 rings (SSSR count). The summed E-state index contributed by atoms with van der Waals surface area (Å²) in [6.07, 6.45) is 8.30. The Balaban J connectivity index is 1.48. The predicted octanol–water partition coefficient (Wildman–Crippen LogP) is 3.64. The Morgan fingerprint density at radius 1 is 1.17 bits per heavy atom. The lowest BCUT2D eigenvalue weighted by Gasteiger charge is -2.33. The summed E-state index contributed by atoms with van der Waals surface area (Å²) in [5.74, 6) is 0.611. The lowest BCUT2D eigenvalue weighted by Crippen LogP contribution is -2.49. The van der Waals surface area contributed by atoms with Crippen molar-refractivity contribution in [3.8, 4) is 0 Å². The molecule has 1 aromatic rings. The van der Waals surface area contributed by atoms with Gasteiger partial charge in [-0.2, -0.15) is 0 Å². The highest BCUT2D eigenvalue weighted by Gasteiger charge is 2.26. The zero-order valence-electron chi connectivity index (χ0n) is 14.6. The van der Waals surface area contributed by atoms with Gasteiger partial charge in [-0.15, -0.1) is 10.2 Å². The van der Waals surface area contributed by atoms with Crippen molar-refractivity contribution < 1.29 is 9.53 Å². The Labute approximate surface area is 148 Å². The third-order valence-corrected chi connectivity index (χ3v) is 6.06. The first-order valence-corrected chi connectivity index (χ1v) is 10.1. The maximum absolute atomic E-state index is 12.0. The second-order valence-corrected chi connectivity index (χ2v) is 7.69. The molecule has 0 radical (unpaired) electrons. The smallest absolute Gasteiger partial charge is 0.409 e. The van der Waals surface area contributed by atoms with Crippen LogP contribution < -0.4 is 4.90 Å². The van der Waals surface area contributed by atoms with Gasteiger partial charge in [0.25, 0.3) is 0 Å². The standard InChI is InChI=1S/C17H28N4O2S/c1-2-3-13-23-17(22)21-11-9-20(10-12-21)16-19-18-15(24-16)14-7-5-4-6-8-14/h14H,2-13H2,1H3. The van der Waals surface area contributed by atoms with Crippen LogP contribution in [0.5, 0.6) is 0 Å². The zero-order chi connectivity index (χ0) is 16.8. The first-order chi connectivity index (χ1) is 11.8. The molecule has 1 aliphatic carbocycles. The van der Waals surface area contributed by atoms with Gasteiger partial charge >= 0.3 is 6.09 Å². The SMILES string of the molecule is CCCCOC(=O)N1CCN(c2nnc(C3CCCCC3)s2)CC1. The van der Waals surface area contributed by atoms with Crippen LogP contribution in [-0.2, 0) is 4.74 Å². The molecule has 1 aliphatic heterocycles. The van der Waals surface area contributed by atoms with Gasteiger partial charge in [0, 0.05) is 32.1 Å². The van der Waals surface area contributed by atoms with Crippen LogP contribution in [0.2, 0.25) is 0 Å². The van der Waals surface area contributed by atoms with E-state index in [9.17, 15) is 4.79 Å². The minimum absolute atomic E-state index is 0.178. The Morgan fingerprint density at radius 3 is 2.62 bits per heavy atom. The van der Waals surface area contributed by atoms with E-state index in [1.807, 2.05) is 0 Å². The van der Waals surface area contributed by atoms with E-state index >= 15 is 0 Å². The topological polar surface area (TPSA) is 58.6 Å². The van der Waals surface area contributed by atoms with Gasteiger partial charge in [0.1, 0.15) is 5.01 Å². The van der Waals surface area contributed by atoms with Crippen molar-refractivity contribution in [2.75, 3.05) is 37.7 Å². The van der Waals surface area contributed by atoms with Crippen LogP contribution in [0.15, 0.2) is 0 Å². The maximum atomic E-state index is 12.0. The summed E-state index contributed by atoms with van der Waals surface area (Å²) in [6.45, 7) is 5.63. The lowest BCUT2D eigenvalue weighted by molar-refractivity contribution is 0.0989. The molecule has 24 heavy (non-hydrogen) atoms. The fraction of sp³-hybridized carbons (Fsp3) is 0.824. The summed E-state index contributed by atoms with van der Waals surface area (Å²) in [6, 6.07) is 0. The molecule has 2 heterocycles. The van der Waals surface area contributed by atoms with E-state index in [1.54, 1.807) is 16.2 Å². The number of amides is 1. The third-order valence-electron chi connectivity index (χ3n) is 4.92. The van der Waals surface area contributed by atoms with Crippen molar-refractivity contribution >= 4 is 22.6 Å². The van der Waals surface area contributed by atoms with E-state index in [0.29, 0.717) is 25.6 Å². The molecular formula is C17H28N4O2S. The quantitative estimate of drug-likeness (QED) is 0.757. The van der Waals surface area contributed by atoms with Crippen LogP contribution in [0.25, 0.3) is 0 Å². The van der Waals surface area contributed by atoms with Gasteiger partial charge in [-0.3, -0.25) is 0 Å². The number of carbonyl (C=O) groups is 1. The molecule has 1 aromatic heterocycles. The van der Waals surface area contributed by atoms with E-state index in [2.05, 4.69) is 22.0 Å². The number of ether oxygens (including phenoxy) is 1. The minimum Gasteiger partial charge on any atom is -0.449 e. The van der Waals surface area contributed by atoms with Crippen LogP contribution in [0, 0.1) is 0 Å². The summed E-state index contributed by atoms with van der Waals surface area (Å²) < 4.78 is 5.29. The fourth-order valence-electron chi connectivity index (χ4n) is 3.34. The number of anilines is 1. The molecular weight excluding hydrogens is 324 g/mol. The normalized spacial score (nSPS) is 19.5. The first-order valence-electron chi connectivity index (χ1n) is 9.28. The minimum atomic E-state index is -0.178. The molecule has 0 spiro atoms. The molecule has 6 nitrogen and oxygen atoms in total. The van der Waals surface area contributed by atoms with Gasteiger partial charge in [0.2, 0.25) is 5.13 Å². The number of piperazine rings is 1. The van der Waals surface area contributed by atoms with Crippen LogP contribution >= 0.6 is 11.3 Å². The average molecular weight is 353 g/mol. The number of carbonyl (C=O) groups excluding carboxylic acids is 1. The molecule has 1 saturated carbocycles. The molecule has 134 valence electrons. The van der Waals surface area contributed by atoms with Gasteiger partial charge in [-0.1, -0.05) is 43.9 Å². The second kappa shape index (κ2) is 8.65. The number of nitrogens with zero attached hydrogens (tertiary/aromatic N) is 4. The van der Waals surface area contributed by atoms with E-state index in [0.717, 1.165) is 31.1 Å². The number of aromatic nitrogens is 2. The fourth-order valence-corrected chi connectivity index (χ4v) is 4.41. The van der Waals surface area contributed by atoms with Gasteiger partial charge in [0.15, 0.2) is 0 Å². The Morgan fingerprint density at radius 2 is 1.92 bits per heavy atom. The van der Waals surface area contributed by atoms with E-state index < -0.39 is 0 Å². The van der Waals surface area contributed by atoms with Crippen molar-refractivity contribution in [3.05, 3.63) is 5.01 Å². The number of rotatable bonds is 5. The Kier molecular flexibility index (Phi) is 6.29. The van der Waals surface area contributed by atoms with E-state index in [4.69, 9.17) is 4.74 Å². The molecule has 0 atom stereocenters. The van der Waals surface area contributed by atoms with Crippen molar-refractivity contribution in [1.82, 2.24) is 15.1 Å². The van der Waals surface area contributed by atoms with Crippen molar-refractivity contribution in [3.63, 3.8) is 0 Å². The molecule has 0 bridgehead atoms. The lowest BCUT2D eigenvalue weighted by atomic mass is 9.90. The highest BCUT2D eigenvalue weighted by atomic mass is 32.1. The molecule has 7 heteroatoms. The van der Waals surface area contributed by atoms with Crippen LogP contribution in [0.4, 0.5) is 9.93 Å². The Bertz CT molecular complexity index is 522. The highest BCUT2D eigenvalue weighted by Crippen LogP contribution is 2.36. The van der Waals surface area contributed by atoms with Gasteiger partial charge < -0.3 is 14.5 Å². The number of hydrogen-bond acceptors (Lipinski definition) is 6. The molecule has 2 fully saturated rings. The number of hydrogen-bond donors (Lipinski definition) is 0. The third kappa shape index (κ3) is 4.37. The molecule has 2 aliphatic rings. The number of unbranched alkanes of at least 4 members (excludes halogenated alkanes) is 1. The molecule has 0 aromatic carbocycles. The average Bonchev–Trinajstić information content (AvgIpc) is 3.13. The summed E-state index contributed by atoms with van der Waals surface area (Å²) in [5, 5.41) is 11.1. The van der Waals surface area contributed by atoms with Crippen LogP contribution in [-0.4, -0.2) is 54.0 Å². The van der Waals surface area contributed by atoms with Gasteiger partial charge in [-0.25, -0.2) is 4.79 Å². The first kappa shape index (κ1) is 17.5.